The van der Waals surface area contributed by atoms with Gasteiger partial charge in [-0.2, -0.15) is 26.3 Å². The van der Waals surface area contributed by atoms with Crippen molar-refractivity contribution in [2.24, 2.45) is 0 Å². The van der Waals surface area contributed by atoms with Gasteiger partial charge in [0.05, 0.1) is 6.61 Å². The van der Waals surface area contributed by atoms with Gasteiger partial charge in [0.15, 0.2) is 0 Å². The summed E-state index contributed by atoms with van der Waals surface area (Å²) in [5, 5.41) is 12.6. The van der Waals surface area contributed by atoms with Crippen LogP contribution in [0.1, 0.15) is 49.9 Å². The summed E-state index contributed by atoms with van der Waals surface area (Å²) in [7, 11) is 0. The summed E-state index contributed by atoms with van der Waals surface area (Å²) in [4.78, 5) is 44.1. The van der Waals surface area contributed by atoms with Crippen molar-refractivity contribution in [2.45, 2.75) is 69.7 Å². The normalized spacial score (nSPS) is 23.8. The fraction of sp³-hybridized carbons (Fsp3) is 0.469. The molecule has 3 heterocycles. The van der Waals surface area contributed by atoms with Crippen LogP contribution in [0.25, 0.3) is 6.08 Å². The highest BCUT2D eigenvalue weighted by atomic mass is 19.4. The number of fused-ring (bicyclic) bond motifs is 1. The van der Waals surface area contributed by atoms with Crippen LogP contribution in [-0.2, 0) is 27.1 Å². The standard InChI is InChI=1S/C32H34F6N4O5/c1-5-6-20-13-23(30(46,31(33,34)35)32(36,37)38)7-9-24(20)40-15-19(3)41(16-18(40)2)26(43)17-42-27(44)29(4,39-28(42)45)22-8-10-25-21(14-22)11-12-47-25/h5-10,13-14,18-19,46H,11-12,15-17H2,1-4H3,(H,39,45)/b6-5-/t18?,19?,29-/m1/s1. The van der Waals surface area contributed by atoms with E-state index in [1.165, 1.54) is 17.1 Å². The molecule has 47 heavy (non-hydrogen) atoms. The zero-order valence-electron chi connectivity index (χ0n) is 26.0. The number of urea groups is 1. The van der Waals surface area contributed by atoms with Crippen LogP contribution in [0, 0.1) is 0 Å². The monoisotopic (exact) mass is 668 g/mol. The van der Waals surface area contributed by atoms with Crippen molar-refractivity contribution in [1.29, 1.82) is 0 Å². The van der Waals surface area contributed by atoms with Crippen molar-refractivity contribution in [3.05, 3.63) is 64.7 Å². The van der Waals surface area contributed by atoms with Gasteiger partial charge in [-0.25, -0.2) is 4.79 Å². The maximum absolute atomic E-state index is 13.6. The van der Waals surface area contributed by atoms with Gasteiger partial charge in [-0.3, -0.25) is 14.5 Å². The molecule has 0 radical (unpaired) electrons. The first-order valence-corrected chi connectivity index (χ1v) is 14.9. The molecule has 15 heteroatoms. The molecule has 5 rings (SSSR count). The van der Waals surface area contributed by atoms with Crippen LogP contribution < -0.4 is 15.0 Å². The smallest absolute Gasteiger partial charge is 0.430 e. The quantitative estimate of drug-likeness (QED) is 0.337. The van der Waals surface area contributed by atoms with Gasteiger partial charge in [0.25, 0.3) is 11.5 Å². The van der Waals surface area contributed by atoms with Crippen molar-refractivity contribution >= 4 is 29.6 Å². The first kappa shape index (κ1) is 34.1. The minimum absolute atomic E-state index is 0.00693. The molecule has 2 fully saturated rings. The number of allylic oxidation sites excluding steroid dienone is 1. The lowest BCUT2D eigenvalue weighted by atomic mass is 9.89. The van der Waals surface area contributed by atoms with E-state index in [2.05, 4.69) is 5.32 Å². The number of rotatable bonds is 6. The molecule has 0 bridgehead atoms. The summed E-state index contributed by atoms with van der Waals surface area (Å²) in [6, 6.07) is 5.85. The minimum atomic E-state index is -6.03. The molecule has 3 aliphatic heterocycles. The Kier molecular flexibility index (Phi) is 8.52. The van der Waals surface area contributed by atoms with Crippen LogP contribution in [0.5, 0.6) is 5.75 Å². The van der Waals surface area contributed by atoms with Crippen molar-refractivity contribution in [3.8, 4) is 5.75 Å². The number of nitrogens with zero attached hydrogens (tertiary/aromatic N) is 3. The zero-order valence-corrected chi connectivity index (χ0v) is 26.0. The fourth-order valence-electron chi connectivity index (χ4n) is 6.41. The Morgan fingerprint density at radius 2 is 1.72 bits per heavy atom. The van der Waals surface area contributed by atoms with Crippen molar-refractivity contribution in [1.82, 2.24) is 15.1 Å². The number of ether oxygens (including phenoxy) is 1. The number of hydrogen-bond donors (Lipinski definition) is 2. The van der Waals surface area contributed by atoms with Crippen molar-refractivity contribution in [3.63, 3.8) is 0 Å². The summed E-state index contributed by atoms with van der Waals surface area (Å²) in [5.41, 5.74) is -6.09. The maximum atomic E-state index is 13.6. The average Bonchev–Trinajstić information content (AvgIpc) is 3.55. The van der Waals surface area contributed by atoms with Crippen LogP contribution in [0.4, 0.5) is 36.8 Å². The topological polar surface area (TPSA) is 102 Å². The number of halogens is 6. The van der Waals surface area contributed by atoms with E-state index in [0.29, 0.717) is 42.2 Å². The molecule has 2 saturated heterocycles. The third-order valence-corrected chi connectivity index (χ3v) is 9.06. The number of nitrogens with one attached hydrogen (secondary N) is 1. The number of hydrogen-bond acceptors (Lipinski definition) is 6. The third kappa shape index (κ3) is 5.68. The molecule has 3 atom stereocenters. The predicted molar refractivity (Wildman–Crippen MR) is 158 cm³/mol. The molecular formula is C32H34F6N4O5. The lowest BCUT2D eigenvalue weighted by molar-refractivity contribution is -0.376. The molecule has 2 aromatic rings. The molecule has 254 valence electrons. The number of carbonyl (C=O) groups is 3. The van der Waals surface area contributed by atoms with E-state index in [-0.39, 0.29) is 18.7 Å². The first-order chi connectivity index (χ1) is 21.8. The predicted octanol–water partition coefficient (Wildman–Crippen LogP) is 4.86. The van der Waals surface area contributed by atoms with Crippen molar-refractivity contribution in [2.75, 3.05) is 31.1 Å². The fourth-order valence-corrected chi connectivity index (χ4v) is 6.41. The van der Waals surface area contributed by atoms with E-state index in [0.717, 1.165) is 16.5 Å². The van der Waals surface area contributed by atoms with Crippen LogP contribution in [-0.4, -0.2) is 83.4 Å². The van der Waals surface area contributed by atoms with Gasteiger partial charge in [-0.05, 0) is 68.7 Å². The Balaban J connectivity index is 1.34. The lowest BCUT2D eigenvalue weighted by Crippen LogP contribution is -2.60. The Hall–Kier alpha value is -4.27. The second-order valence-electron chi connectivity index (χ2n) is 12.2. The van der Waals surface area contributed by atoms with E-state index in [9.17, 15) is 45.8 Å². The molecule has 0 spiro atoms. The van der Waals surface area contributed by atoms with Gasteiger partial charge in [-0.15, -0.1) is 0 Å². The van der Waals surface area contributed by atoms with E-state index in [4.69, 9.17) is 4.74 Å². The number of imide groups is 1. The number of piperazine rings is 1. The molecule has 2 unspecified atom stereocenters. The van der Waals surface area contributed by atoms with Gasteiger partial charge in [0.2, 0.25) is 5.91 Å². The number of carbonyl (C=O) groups excluding carboxylic acids is 3. The highest BCUT2D eigenvalue weighted by Crippen LogP contribution is 2.50. The minimum Gasteiger partial charge on any atom is -0.493 e. The summed E-state index contributed by atoms with van der Waals surface area (Å²) in [5.74, 6) is -0.396. The van der Waals surface area contributed by atoms with Gasteiger partial charge >= 0.3 is 18.4 Å². The molecule has 0 saturated carbocycles. The van der Waals surface area contributed by atoms with Crippen LogP contribution in [0.3, 0.4) is 0 Å². The zero-order chi connectivity index (χ0) is 34.7. The first-order valence-electron chi connectivity index (χ1n) is 14.9. The van der Waals surface area contributed by atoms with E-state index < -0.39 is 65.5 Å². The molecular weight excluding hydrogens is 634 g/mol. The van der Waals surface area contributed by atoms with Gasteiger partial charge in [0, 0.05) is 42.8 Å². The Labute approximate surface area is 266 Å². The lowest BCUT2D eigenvalue weighted by Gasteiger charge is -2.46. The highest BCUT2D eigenvalue weighted by molar-refractivity contribution is 6.09. The molecule has 4 amide bonds. The van der Waals surface area contributed by atoms with Gasteiger partial charge in [0.1, 0.15) is 17.8 Å². The summed E-state index contributed by atoms with van der Waals surface area (Å²) in [6.07, 6.45) is -8.62. The molecule has 2 aromatic carbocycles. The van der Waals surface area contributed by atoms with Gasteiger partial charge < -0.3 is 25.0 Å². The number of amides is 4. The SMILES string of the molecule is C/C=C\c1cc(C(O)(C(F)(F)F)C(F)(F)F)ccc1N1CC(C)N(C(=O)CN2C(=O)N[C@](C)(c3ccc4c(c3)CCO4)C2=O)CC1C. The Bertz CT molecular complexity index is 1610. The maximum Gasteiger partial charge on any atom is 0.430 e. The largest absolute Gasteiger partial charge is 0.493 e. The number of alkyl halides is 6. The van der Waals surface area contributed by atoms with E-state index >= 15 is 0 Å². The average molecular weight is 669 g/mol. The van der Waals surface area contributed by atoms with Crippen LogP contribution in [0.2, 0.25) is 0 Å². The number of aliphatic hydroxyl groups is 1. The molecule has 0 aliphatic carbocycles. The molecule has 9 nitrogen and oxygen atoms in total. The number of benzene rings is 2. The second-order valence-corrected chi connectivity index (χ2v) is 12.2. The van der Waals surface area contributed by atoms with Crippen molar-refractivity contribution < 1.29 is 50.6 Å². The molecule has 3 aliphatic rings. The number of anilines is 1. The summed E-state index contributed by atoms with van der Waals surface area (Å²) in [6.45, 7) is 6.74. The highest BCUT2D eigenvalue weighted by Gasteiger charge is 2.71. The van der Waals surface area contributed by atoms with E-state index in [1.807, 2.05) is 0 Å². The third-order valence-electron chi connectivity index (χ3n) is 9.06. The summed E-state index contributed by atoms with van der Waals surface area (Å²) >= 11 is 0. The second kappa shape index (κ2) is 11.8. The summed E-state index contributed by atoms with van der Waals surface area (Å²) < 4.78 is 87.0. The Morgan fingerprint density at radius 3 is 2.36 bits per heavy atom. The van der Waals surface area contributed by atoms with Gasteiger partial charge in [-0.1, -0.05) is 24.3 Å². The van der Waals surface area contributed by atoms with Crippen LogP contribution in [0.15, 0.2) is 42.5 Å². The Morgan fingerprint density at radius 1 is 1.04 bits per heavy atom. The van der Waals surface area contributed by atoms with Crippen LogP contribution >= 0.6 is 0 Å². The molecule has 0 aromatic heterocycles. The van der Waals surface area contributed by atoms with E-state index in [1.54, 1.807) is 50.8 Å². The molecule has 2 N–H and O–H groups in total.